The summed E-state index contributed by atoms with van der Waals surface area (Å²) in [4.78, 5) is 20.5. The summed E-state index contributed by atoms with van der Waals surface area (Å²) in [6.07, 6.45) is 0. The van der Waals surface area contributed by atoms with Gasteiger partial charge in [0, 0.05) is 42.8 Å². The van der Waals surface area contributed by atoms with E-state index in [2.05, 4.69) is 27.9 Å². The van der Waals surface area contributed by atoms with E-state index in [0.717, 1.165) is 54.1 Å². The highest BCUT2D eigenvalue weighted by Crippen LogP contribution is 2.28. The average molecular weight is 379 g/mol. The van der Waals surface area contributed by atoms with E-state index in [9.17, 15) is 4.79 Å². The number of aromatic amines is 1. The second-order valence-electron chi connectivity index (χ2n) is 7.14. The number of nitrogens with one attached hydrogen (secondary N) is 1. The molecule has 1 saturated heterocycles. The molecule has 0 atom stereocenters. The summed E-state index contributed by atoms with van der Waals surface area (Å²) in [7, 11) is 3.77. The highest BCUT2D eigenvalue weighted by atomic mass is 16.5. The van der Waals surface area contributed by atoms with Crippen LogP contribution in [-0.4, -0.2) is 56.2 Å². The lowest BCUT2D eigenvalue weighted by Crippen LogP contribution is -2.44. The van der Waals surface area contributed by atoms with Crippen molar-refractivity contribution in [2.75, 3.05) is 45.2 Å². The molecule has 0 saturated carbocycles. The van der Waals surface area contributed by atoms with Gasteiger partial charge in [-0.05, 0) is 42.9 Å². The van der Waals surface area contributed by atoms with Gasteiger partial charge < -0.3 is 24.3 Å². The second kappa shape index (κ2) is 7.94. The Morgan fingerprint density at radius 1 is 1.07 bits per heavy atom. The van der Waals surface area contributed by atoms with Crippen LogP contribution < -0.4 is 9.64 Å². The number of piperazine rings is 1. The lowest BCUT2D eigenvalue weighted by atomic mass is 10.1. The molecule has 6 heteroatoms. The van der Waals surface area contributed by atoms with Crippen molar-refractivity contribution in [1.29, 1.82) is 0 Å². The van der Waals surface area contributed by atoms with E-state index in [1.807, 2.05) is 42.5 Å². The molecule has 0 radical (unpaired) electrons. The fourth-order valence-corrected chi connectivity index (χ4v) is 3.52. The van der Waals surface area contributed by atoms with Gasteiger partial charge in [0.2, 0.25) is 0 Å². The topological polar surface area (TPSA) is 57.8 Å². The summed E-state index contributed by atoms with van der Waals surface area (Å²) in [5.41, 5.74) is 3.51. The van der Waals surface area contributed by atoms with E-state index in [4.69, 9.17) is 9.47 Å². The molecule has 1 fully saturated rings. The van der Waals surface area contributed by atoms with Crippen LogP contribution in [0.2, 0.25) is 0 Å². The number of anilines is 1. The number of fused-ring (bicyclic) bond motifs is 1. The van der Waals surface area contributed by atoms with Gasteiger partial charge in [0.05, 0.1) is 7.11 Å². The molecule has 146 valence electrons. The van der Waals surface area contributed by atoms with Crippen LogP contribution in [0.3, 0.4) is 0 Å². The molecule has 0 amide bonds. The molecule has 0 unspecified atom stereocenters. The molecule has 28 heavy (non-hydrogen) atoms. The first-order valence-corrected chi connectivity index (χ1v) is 9.49. The Balaban J connectivity index is 1.49. The Morgan fingerprint density at radius 3 is 2.54 bits per heavy atom. The van der Waals surface area contributed by atoms with Crippen LogP contribution in [0.25, 0.3) is 10.9 Å². The zero-order chi connectivity index (χ0) is 19.5. The van der Waals surface area contributed by atoms with Crippen molar-refractivity contribution in [2.45, 2.75) is 6.61 Å². The lowest BCUT2D eigenvalue weighted by molar-refractivity contribution is 0.0467. The van der Waals surface area contributed by atoms with Gasteiger partial charge in [-0.25, -0.2) is 4.79 Å². The van der Waals surface area contributed by atoms with Crippen molar-refractivity contribution in [1.82, 2.24) is 9.88 Å². The van der Waals surface area contributed by atoms with Gasteiger partial charge in [-0.3, -0.25) is 0 Å². The molecule has 0 aliphatic carbocycles. The van der Waals surface area contributed by atoms with Crippen molar-refractivity contribution in [3.8, 4) is 5.75 Å². The van der Waals surface area contributed by atoms with E-state index in [1.54, 1.807) is 7.11 Å². The van der Waals surface area contributed by atoms with E-state index in [0.29, 0.717) is 5.69 Å². The van der Waals surface area contributed by atoms with Gasteiger partial charge >= 0.3 is 5.97 Å². The van der Waals surface area contributed by atoms with Crippen LogP contribution in [0, 0.1) is 0 Å². The molecule has 0 spiro atoms. The molecule has 2 heterocycles. The smallest absolute Gasteiger partial charge is 0.355 e. The number of likely N-dealkylation sites (N-methyl/N-ethyl adjacent to an activating group) is 1. The summed E-state index contributed by atoms with van der Waals surface area (Å²) in [6.45, 7) is 4.27. The van der Waals surface area contributed by atoms with Crippen molar-refractivity contribution < 1.29 is 14.3 Å². The highest BCUT2D eigenvalue weighted by Gasteiger charge is 2.19. The number of ether oxygens (including phenoxy) is 2. The van der Waals surface area contributed by atoms with Crippen LogP contribution >= 0.6 is 0 Å². The number of carbonyl (C=O) groups excluding carboxylic acids is 1. The van der Waals surface area contributed by atoms with Gasteiger partial charge in [-0.1, -0.05) is 18.2 Å². The van der Waals surface area contributed by atoms with Crippen LogP contribution in [0.4, 0.5) is 5.69 Å². The number of hydrogen-bond acceptors (Lipinski definition) is 5. The fourth-order valence-electron chi connectivity index (χ4n) is 3.52. The Morgan fingerprint density at radius 2 is 1.82 bits per heavy atom. The molecule has 6 nitrogen and oxygen atoms in total. The Labute approximate surface area is 164 Å². The minimum absolute atomic E-state index is 0.226. The third-order valence-electron chi connectivity index (χ3n) is 5.23. The van der Waals surface area contributed by atoms with E-state index >= 15 is 0 Å². The first-order chi connectivity index (χ1) is 13.6. The lowest BCUT2D eigenvalue weighted by Gasteiger charge is -2.34. The first kappa shape index (κ1) is 18.4. The molecular weight excluding hydrogens is 354 g/mol. The largest absolute Gasteiger partial charge is 0.497 e. The molecule has 1 aliphatic rings. The summed E-state index contributed by atoms with van der Waals surface area (Å²) in [5.74, 6) is 0.429. The maximum Gasteiger partial charge on any atom is 0.355 e. The zero-order valence-corrected chi connectivity index (χ0v) is 16.3. The second-order valence-corrected chi connectivity index (χ2v) is 7.14. The normalized spacial score (nSPS) is 15.0. The maximum absolute atomic E-state index is 12.5. The molecule has 1 N–H and O–H groups in total. The van der Waals surface area contributed by atoms with Crippen LogP contribution in [0.1, 0.15) is 16.1 Å². The number of rotatable bonds is 5. The number of benzene rings is 2. The van der Waals surface area contributed by atoms with E-state index < -0.39 is 0 Å². The van der Waals surface area contributed by atoms with Crippen LogP contribution in [0.15, 0.2) is 48.5 Å². The van der Waals surface area contributed by atoms with E-state index in [-0.39, 0.29) is 12.6 Å². The highest BCUT2D eigenvalue weighted by molar-refractivity contribution is 6.00. The van der Waals surface area contributed by atoms with Crippen molar-refractivity contribution in [3.63, 3.8) is 0 Å². The fraction of sp³-hybridized carbons (Fsp3) is 0.318. The van der Waals surface area contributed by atoms with Gasteiger partial charge in [0.15, 0.2) is 0 Å². The Bertz CT molecular complexity index is 957. The molecule has 1 aromatic heterocycles. The van der Waals surface area contributed by atoms with Gasteiger partial charge in [0.1, 0.15) is 18.1 Å². The zero-order valence-electron chi connectivity index (χ0n) is 16.3. The number of aromatic nitrogens is 1. The van der Waals surface area contributed by atoms with Crippen LogP contribution in [0.5, 0.6) is 5.75 Å². The molecule has 2 aromatic carbocycles. The number of esters is 1. The standard InChI is InChI=1S/C22H25N3O3/c1-24-10-12-25(13-11-24)21-5-3-4-19-18(21)14-20(23-19)22(26)28-15-16-6-8-17(27-2)9-7-16/h3-9,14,23H,10-13,15H2,1-2H3. The molecule has 0 bridgehead atoms. The van der Waals surface area contributed by atoms with Crippen molar-refractivity contribution >= 4 is 22.6 Å². The molecular formula is C22H25N3O3. The third kappa shape index (κ3) is 3.82. The summed E-state index contributed by atoms with van der Waals surface area (Å²) in [6, 6.07) is 15.5. The number of H-pyrrole nitrogens is 1. The number of methoxy groups -OCH3 is 1. The van der Waals surface area contributed by atoms with Crippen molar-refractivity contribution in [3.05, 3.63) is 59.8 Å². The summed E-state index contributed by atoms with van der Waals surface area (Å²) < 4.78 is 10.6. The number of carbonyl (C=O) groups is 1. The maximum atomic E-state index is 12.5. The number of hydrogen-bond donors (Lipinski definition) is 1. The summed E-state index contributed by atoms with van der Waals surface area (Å²) >= 11 is 0. The Hall–Kier alpha value is -2.99. The van der Waals surface area contributed by atoms with Crippen molar-refractivity contribution in [2.24, 2.45) is 0 Å². The minimum atomic E-state index is -0.351. The predicted molar refractivity (Wildman–Crippen MR) is 110 cm³/mol. The SMILES string of the molecule is COc1ccc(COC(=O)c2cc3c(N4CCN(C)CC4)cccc3[nH]2)cc1. The average Bonchev–Trinajstić information content (AvgIpc) is 3.17. The van der Waals surface area contributed by atoms with Gasteiger partial charge in [0.25, 0.3) is 0 Å². The first-order valence-electron chi connectivity index (χ1n) is 9.49. The van der Waals surface area contributed by atoms with Crippen LogP contribution in [-0.2, 0) is 11.3 Å². The third-order valence-corrected chi connectivity index (χ3v) is 5.23. The molecule has 4 rings (SSSR count). The number of nitrogens with zero attached hydrogens (tertiary/aromatic N) is 2. The molecule has 3 aromatic rings. The van der Waals surface area contributed by atoms with E-state index in [1.165, 1.54) is 0 Å². The monoisotopic (exact) mass is 379 g/mol. The minimum Gasteiger partial charge on any atom is -0.497 e. The Kier molecular flexibility index (Phi) is 5.21. The summed E-state index contributed by atoms with van der Waals surface area (Å²) in [5, 5.41) is 1.06. The predicted octanol–water partition coefficient (Wildman–Crippen LogP) is 3.29. The molecule has 1 aliphatic heterocycles. The quantitative estimate of drug-likeness (QED) is 0.690. The van der Waals surface area contributed by atoms with Gasteiger partial charge in [-0.2, -0.15) is 0 Å². The van der Waals surface area contributed by atoms with Gasteiger partial charge in [-0.15, -0.1) is 0 Å².